The SMILES string of the molecule is CN(C)[C@@H]1C(O)C(C(N)=O)C(=O)[C@@]2(O)C(=O)c3c(cc4c(Cl)cc(S(=O)(=O)O)c(O)c4c3O)C[C@@H]12. The van der Waals surface area contributed by atoms with Crippen LogP contribution in [0.1, 0.15) is 15.9 Å². The number of amides is 1. The van der Waals surface area contributed by atoms with E-state index in [1.165, 1.54) is 25.1 Å². The standard InChI is InChI=1S/C21H21ClN2O10S/c1-24(2)14-8-4-6-3-7-9(22)5-10(35(32,33)34)15(25)12(7)16(26)11(6)18(28)21(8,31)19(29)13(17(14)27)20(23)30/h3,5,8,13-14,17,25-27,31H,4H2,1-2H3,(H2,23,30)(H,32,33,34)/t8-,13?,14-,17?,21-/m0/s1. The van der Waals surface area contributed by atoms with Gasteiger partial charge in [-0.3, -0.25) is 18.9 Å². The molecule has 35 heavy (non-hydrogen) atoms. The van der Waals surface area contributed by atoms with Crippen molar-refractivity contribution in [2.45, 2.75) is 29.1 Å². The molecule has 1 amide bonds. The van der Waals surface area contributed by atoms with Crippen LogP contribution in [0.25, 0.3) is 10.8 Å². The van der Waals surface area contributed by atoms with Gasteiger partial charge in [0.05, 0.1) is 22.1 Å². The lowest BCUT2D eigenvalue weighted by atomic mass is 9.58. The number of carbonyl (C=O) groups is 3. The van der Waals surface area contributed by atoms with Gasteiger partial charge < -0.3 is 31.1 Å². The fourth-order valence-electron chi connectivity index (χ4n) is 5.34. The Morgan fingerprint density at radius 1 is 1.20 bits per heavy atom. The molecular weight excluding hydrogens is 508 g/mol. The molecule has 1 fully saturated rings. The summed E-state index contributed by atoms with van der Waals surface area (Å²) < 4.78 is 32.7. The Hall–Kier alpha value is -2.81. The van der Waals surface area contributed by atoms with E-state index in [2.05, 4.69) is 0 Å². The minimum Gasteiger partial charge on any atom is -0.506 e. The van der Waals surface area contributed by atoms with E-state index >= 15 is 0 Å². The van der Waals surface area contributed by atoms with Crippen LogP contribution in [-0.4, -0.2) is 87.6 Å². The number of nitrogens with two attached hydrogens (primary N) is 1. The molecule has 4 rings (SSSR count). The van der Waals surface area contributed by atoms with Crippen molar-refractivity contribution in [3.63, 3.8) is 0 Å². The maximum atomic E-state index is 13.6. The molecule has 188 valence electrons. The van der Waals surface area contributed by atoms with Crippen molar-refractivity contribution in [3.8, 4) is 11.5 Å². The van der Waals surface area contributed by atoms with Crippen LogP contribution in [0.3, 0.4) is 0 Å². The maximum absolute atomic E-state index is 13.6. The number of phenols is 2. The molecule has 2 aliphatic rings. The smallest absolute Gasteiger partial charge is 0.298 e. The van der Waals surface area contributed by atoms with Crippen molar-refractivity contribution < 1.29 is 47.8 Å². The Bertz CT molecular complexity index is 1440. The Balaban J connectivity index is 2.06. The van der Waals surface area contributed by atoms with E-state index in [0.29, 0.717) is 0 Å². The number of benzene rings is 2. The van der Waals surface area contributed by atoms with E-state index in [1.807, 2.05) is 0 Å². The number of carbonyl (C=O) groups excluding carboxylic acids is 3. The summed E-state index contributed by atoms with van der Waals surface area (Å²) in [5.74, 6) is -9.22. The van der Waals surface area contributed by atoms with Crippen LogP contribution in [0.2, 0.25) is 5.02 Å². The lowest BCUT2D eigenvalue weighted by Gasteiger charge is -2.51. The van der Waals surface area contributed by atoms with Gasteiger partial charge >= 0.3 is 0 Å². The van der Waals surface area contributed by atoms with Crippen LogP contribution < -0.4 is 5.73 Å². The second-order valence-electron chi connectivity index (χ2n) is 8.96. The number of fused-ring (bicyclic) bond motifs is 3. The summed E-state index contributed by atoms with van der Waals surface area (Å²) in [7, 11) is -1.99. The first-order chi connectivity index (χ1) is 16.0. The van der Waals surface area contributed by atoms with Gasteiger partial charge in [-0.25, -0.2) is 0 Å². The summed E-state index contributed by atoms with van der Waals surface area (Å²) >= 11 is 6.15. The highest BCUT2D eigenvalue weighted by Gasteiger charge is 2.66. The molecule has 0 saturated heterocycles. The van der Waals surface area contributed by atoms with Gasteiger partial charge in [-0.2, -0.15) is 8.42 Å². The van der Waals surface area contributed by atoms with Crippen molar-refractivity contribution in [2.75, 3.05) is 14.1 Å². The molecule has 2 aromatic rings. The van der Waals surface area contributed by atoms with Gasteiger partial charge in [0.25, 0.3) is 10.1 Å². The molecule has 12 nitrogen and oxygen atoms in total. The van der Waals surface area contributed by atoms with Gasteiger partial charge in [0, 0.05) is 17.3 Å². The van der Waals surface area contributed by atoms with E-state index in [-0.39, 0.29) is 22.4 Å². The highest BCUT2D eigenvalue weighted by molar-refractivity contribution is 7.86. The Morgan fingerprint density at radius 3 is 2.31 bits per heavy atom. The van der Waals surface area contributed by atoms with Crippen molar-refractivity contribution in [1.82, 2.24) is 4.90 Å². The summed E-state index contributed by atoms with van der Waals surface area (Å²) in [6.07, 6.45) is -1.90. The third kappa shape index (κ3) is 3.34. The average Bonchev–Trinajstić information content (AvgIpc) is 2.71. The summed E-state index contributed by atoms with van der Waals surface area (Å²) in [5.41, 5.74) is 1.88. The highest BCUT2D eigenvalue weighted by Crippen LogP contribution is 2.50. The number of aliphatic hydroxyl groups excluding tert-OH is 1. The Kier molecular flexibility index (Phi) is 5.67. The van der Waals surface area contributed by atoms with Crippen LogP contribution in [-0.2, 0) is 26.1 Å². The molecule has 0 spiro atoms. The van der Waals surface area contributed by atoms with Gasteiger partial charge in [-0.05, 0) is 38.2 Å². The van der Waals surface area contributed by atoms with Crippen LogP contribution in [0, 0.1) is 11.8 Å². The van der Waals surface area contributed by atoms with Crippen LogP contribution >= 0.6 is 11.6 Å². The predicted molar refractivity (Wildman–Crippen MR) is 120 cm³/mol. The topological polar surface area (TPSA) is 216 Å². The van der Waals surface area contributed by atoms with E-state index in [0.717, 1.165) is 6.07 Å². The summed E-state index contributed by atoms with van der Waals surface area (Å²) in [6.45, 7) is 0. The first-order valence-corrected chi connectivity index (χ1v) is 12.0. The van der Waals surface area contributed by atoms with Gasteiger partial charge in [0.2, 0.25) is 11.7 Å². The number of hydrogen-bond acceptors (Lipinski definition) is 10. The predicted octanol–water partition coefficient (Wildman–Crippen LogP) is -0.787. The zero-order valence-electron chi connectivity index (χ0n) is 18.3. The lowest BCUT2D eigenvalue weighted by Crippen LogP contribution is -2.72. The quantitative estimate of drug-likeness (QED) is 0.214. The van der Waals surface area contributed by atoms with Crippen molar-refractivity contribution in [3.05, 3.63) is 28.3 Å². The largest absolute Gasteiger partial charge is 0.506 e. The van der Waals surface area contributed by atoms with Crippen molar-refractivity contribution in [1.29, 1.82) is 0 Å². The summed E-state index contributed by atoms with van der Waals surface area (Å²) in [5, 5.41) is 42.7. The van der Waals surface area contributed by atoms with E-state index in [1.54, 1.807) is 0 Å². The first-order valence-electron chi connectivity index (χ1n) is 10.2. The molecule has 14 heteroatoms. The number of hydrogen-bond donors (Lipinski definition) is 6. The zero-order valence-corrected chi connectivity index (χ0v) is 19.8. The van der Waals surface area contributed by atoms with Gasteiger partial charge in [-0.15, -0.1) is 0 Å². The molecule has 0 heterocycles. The third-order valence-corrected chi connectivity index (χ3v) is 8.04. The number of Topliss-reactive ketones (excluding diaryl/α,β-unsaturated/α-hetero) is 2. The number of halogens is 1. The van der Waals surface area contributed by atoms with Gasteiger partial charge in [0.15, 0.2) is 11.4 Å². The molecule has 2 aromatic carbocycles. The Morgan fingerprint density at radius 2 is 1.80 bits per heavy atom. The monoisotopic (exact) mass is 528 g/mol. The summed E-state index contributed by atoms with van der Waals surface area (Å²) in [6, 6.07) is 0.937. The second-order valence-corrected chi connectivity index (χ2v) is 10.8. The maximum Gasteiger partial charge on any atom is 0.298 e. The fraction of sp³-hybridized carbons (Fsp3) is 0.381. The van der Waals surface area contributed by atoms with Crippen LogP contribution in [0.15, 0.2) is 17.0 Å². The van der Waals surface area contributed by atoms with E-state index in [4.69, 9.17) is 17.3 Å². The number of ketones is 2. The third-order valence-electron chi connectivity index (χ3n) is 6.86. The lowest BCUT2D eigenvalue weighted by molar-refractivity contribution is -0.169. The molecule has 0 bridgehead atoms. The second kappa shape index (κ2) is 7.85. The molecule has 1 saturated carbocycles. The normalized spacial score (nSPS) is 28.8. The molecule has 2 unspecified atom stereocenters. The molecule has 5 atom stereocenters. The fourth-order valence-corrected chi connectivity index (χ4v) is 6.28. The number of primary amides is 1. The highest BCUT2D eigenvalue weighted by atomic mass is 35.5. The molecular formula is C21H21ClN2O10S. The minimum absolute atomic E-state index is 0.0786. The number of phenolic OH excluding ortho intramolecular Hbond substituents is 2. The van der Waals surface area contributed by atoms with E-state index in [9.17, 15) is 47.8 Å². The van der Waals surface area contributed by atoms with Gasteiger partial charge in [-0.1, -0.05) is 11.6 Å². The van der Waals surface area contributed by atoms with E-state index < -0.39 is 84.5 Å². The summed E-state index contributed by atoms with van der Waals surface area (Å²) in [4.78, 5) is 39.2. The Labute approximate surface area is 203 Å². The number of aliphatic hydroxyl groups is 2. The molecule has 0 aliphatic heterocycles. The average molecular weight is 529 g/mol. The molecule has 2 aliphatic carbocycles. The number of nitrogens with zero attached hydrogens (tertiary/aromatic N) is 1. The molecule has 7 N–H and O–H groups in total. The van der Waals surface area contributed by atoms with Crippen molar-refractivity contribution in [2.24, 2.45) is 17.6 Å². The van der Waals surface area contributed by atoms with Gasteiger partial charge in [0.1, 0.15) is 22.3 Å². The van der Waals surface area contributed by atoms with Crippen molar-refractivity contribution >= 4 is 50.0 Å². The first kappa shape index (κ1) is 25.3. The molecule has 0 radical (unpaired) electrons. The number of rotatable bonds is 3. The van der Waals surface area contributed by atoms with Crippen LogP contribution in [0.4, 0.5) is 0 Å². The minimum atomic E-state index is -5.00. The number of likely N-dealkylation sites (N-methyl/N-ethyl adjacent to an activating group) is 1. The van der Waals surface area contributed by atoms with Crippen LogP contribution in [0.5, 0.6) is 11.5 Å². The number of aromatic hydroxyl groups is 2. The zero-order chi connectivity index (χ0) is 26.4. The molecule has 0 aromatic heterocycles.